The van der Waals surface area contributed by atoms with E-state index in [0.29, 0.717) is 5.69 Å². The summed E-state index contributed by atoms with van der Waals surface area (Å²) in [7, 11) is 0. The topological polar surface area (TPSA) is 50.2 Å². The molecule has 0 aromatic carbocycles. The molecule has 0 fully saturated rings. The molecule has 1 aromatic heterocycles. The van der Waals surface area contributed by atoms with Gasteiger partial charge >= 0.3 is 5.97 Å². The van der Waals surface area contributed by atoms with Gasteiger partial charge in [-0.2, -0.15) is 4.39 Å². The first kappa shape index (κ1) is 9.64. The molecule has 0 aliphatic carbocycles. The molecule has 0 aliphatic rings. The molecule has 0 atom stereocenters. The second-order valence-corrected chi connectivity index (χ2v) is 3.06. The van der Waals surface area contributed by atoms with E-state index in [1.54, 1.807) is 0 Å². The van der Waals surface area contributed by atoms with Crippen molar-refractivity contribution in [3.63, 3.8) is 0 Å². The fourth-order valence-corrected chi connectivity index (χ4v) is 0.936. The molecule has 0 spiro atoms. The predicted octanol–water partition coefficient (Wildman–Crippen LogP) is 2.04. The molecule has 0 unspecified atom stereocenters. The maximum atomic E-state index is 12.8. The summed E-state index contributed by atoms with van der Waals surface area (Å²) in [5.41, 5.74) is 0.397. The molecule has 0 amide bonds. The summed E-state index contributed by atoms with van der Waals surface area (Å²) >= 11 is 0. The number of aromatic nitrogens is 1. The number of hydrogen-bond acceptors (Lipinski definition) is 2. The molecular weight excluding hydrogens is 173 g/mol. The Kier molecular flexibility index (Phi) is 2.60. The van der Waals surface area contributed by atoms with E-state index in [4.69, 9.17) is 5.11 Å². The van der Waals surface area contributed by atoms with E-state index < -0.39 is 11.9 Å². The lowest BCUT2D eigenvalue weighted by atomic mass is 10.1. The van der Waals surface area contributed by atoms with Crippen LogP contribution in [0, 0.1) is 5.95 Å². The van der Waals surface area contributed by atoms with Crippen LogP contribution >= 0.6 is 0 Å². The first-order valence-electron chi connectivity index (χ1n) is 3.91. The number of hydrogen-bond donors (Lipinski definition) is 1. The van der Waals surface area contributed by atoms with Gasteiger partial charge < -0.3 is 5.11 Å². The van der Waals surface area contributed by atoms with Crippen molar-refractivity contribution in [1.82, 2.24) is 4.98 Å². The van der Waals surface area contributed by atoms with Gasteiger partial charge in [-0.3, -0.25) is 0 Å². The number of aromatic carboxylic acids is 1. The molecule has 4 heteroatoms. The van der Waals surface area contributed by atoms with Crippen LogP contribution in [-0.4, -0.2) is 16.1 Å². The highest BCUT2D eigenvalue weighted by atomic mass is 19.1. The van der Waals surface area contributed by atoms with Gasteiger partial charge in [0.25, 0.3) is 0 Å². The lowest BCUT2D eigenvalue weighted by Gasteiger charge is -2.04. The molecule has 1 N–H and O–H groups in total. The molecular formula is C9H10FNO2. The predicted molar refractivity (Wildman–Crippen MR) is 45.2 cm³/mol. The lowest BCUT2D eigenvalue weighted by Crippen LogP contribution is -2.03. The van der Waals surface area contributed by atoms with Crippen LogP contribution in [0.2, 0.25) is 0 Å². The highest BCUT2D eigenvalue weighted by Gasteiger charge is 2.09. The Hall–Kier alpha value is -1.45. The number of carboxylic acids is 1. The quantitative estimate of drug-likeness (QED) is 0.714. The lowest BCUT2D eigenvalue weighted by molar-refractivity contribution is 0.0696. The average molecular weight is 183 g/mol. The summed E-state index contributed by atoms with van der Waals surface area (Å²) in [6, 6.07) is 2.30. The second-order valence-electron chi connectivity index (χ2n) is 3.06. The summed E-state index contributed by atoms with van der Waals surface area (Å²) in [6.45, 7) is 3.65. The van der Waals surface area contributed by atoms with Crippen LogP contribution in [0.25, 0.3) is 0 Å². The largest absolute Gasteiger partial charge is 0.478 e. The smallest absolute Gasteiger partial charge is 0.335 e. The van der Waals surface area contributed by atoms with E-state index in [1.807, 2.05) is 13.8 Å². The minimum atomic E-state index is -1.14. The summed E-state index contributed by atoms with van der Waals surface area (Å²) in [5, 5.41) is 8.62. The van der Waals surface area contributed by atoms with Gasteiger partial charge in [0.1, 0.15) is 0 Å². The number of carboxylic acid groups (broad SMARTS) is 1. The van der Waals surface area contributed by atoms with Crippen LogP contribution in [0.5, 0.6) is 0 Å². The molecule has 1 heterocycles. The van der Waals surface area contributed by atoms with Crippen molar-refractivity contribution in [2.75, 3.05) is 0 Å². The highest BCUT2D eigenvalue weighted by Crippen LogP contribution is 2.14. The van der Waals surface area contributed by atoms with Crippen molar-refractivity contribution < 1.29 is 14.3 Å². The number of pyridine rings is 1. The maximum Gasteiger partial charge on any atom is 0.335 e. The fourth-order valence-electron chi connectivity index (χ4n) is 0.936. The van der Waals surface area contributed by atoms with Crippen LogP contribution < -0.4 is 0 Å². The number of carbonyl (C=O) groups is 1. The van der Waals surface area contributed by atoms with Crippen molar-refractivity contribution in [1.29, 1.82) is 0 Å². The number of rotatable bonds is 2. The van der Waals surface area contributed by atoms with Gasteiger partial charge in [-0.25, -0.2) is 9.78 Å². The molecule has 0 aliphatic heterocycles. The molecule has 0 saturated heterocycles. The van der Waals surface area contributed by atoms with Crippen molar-refractivity contribution in [2.45, 2.75) is 19.8 Å². The Labute approximate surface area is 75.2 Å². The normalized spacial score (nSPS) is 10.5. The molecule has 1 aromatic rings. The van der Waals surface area contributed by atoms with Crippen molar-refractivity contribution >= 4 is 5.97 Å². The molecule has 70 valence electrons. The first-order chi connectivity index (χ1) is 6.00. The van der Waals surface area contributed by atoms with Gasteiger partial charge in [0.15, 0.2) is 0 Å². The van der Waals surface area contributed by atoms with Gasteiger partial charge in [0.05, 0.1) is 5.56 Å². The third-order valence-electron chi connectivity index (χ3n) is 1.65. The summed E-state index contributed by atoms with van der Waals surface area (Å²) < 4.78 is 12.8. The fraction of sp³-hybridized carbons (Fsp3) is 0.333. The Bertz CT molecular complexity index is 336. The van der Waals surface area contributed by atoms with E-state index in [0.717, 1.165) is 6.07 Å². The van der Waals surface area contributed by atoms with Crippen molar-refractivity contribution in [3.8, 4) is 0 Å². The molecule has 13 heavy (non-hydrogen) atoms. The van der Waals surface area contributed by atoms with Crippen LogP contribution in [0.1, 0.15) is 35.8 Å². The van der Waals surface area contributed by atoms with Crippen molar-refractivity contribution in [2.24, 2.45) is 0 Å². The van der Waals surface area contributed by atoms with Crippen LogP contribution in [-0.2, 0) is 0 Å². The summed E-state index contributed by atoms with van der Waals surface area (Å²) in [5.74, 6) is -1.86. The third kappa shape index (κ3) is 2.24. The van der Waals surface area contributed by atoms with Gasteiger partial charge in [-0.1, -0.05) is 13.8 Å². The third-order valence-corrected chi connectivity index (χ3v) is 1.65. The highest BCUT2D eigenvalue weighted by molar-refractivity contribution is 5.87. The zero-order valence-electron chi connectivity index (χ0n) is 7.41. The number of halogens is 1. The van der Waals surface area contributed by atoms with E-state index in [-0.39, 0.29) is 11.5 Å². The van der Waals surface area contributed by atoms with Crippen LogP contribution in [0.15, 0.2) is 12.1 Å². The van der Waals surface area contributed by atoms with Crippen LogP contribution in [0.3, 0.4) is 0 Å². The van der Waals surface area contributed by atoms with E-state index in [9.17, 15) is 9.18 Å². The Morgan fingerprint density at radius 3 is 2.62 bits per heavy atom. The minimum Gasteiger partial charge on any atom is -0.478 e. The molecule has 0 bridgehead atoms. The maximum absolute atomic E-state index is 12.8. The second kappa shape index (κ2) is 3.51. The van der Waals surface area contributed by atoms with E-state index in [1.165, 1.54) is 6.07 Å². The molecule has 3 nitrogen and oxygen atoms in total. The Balaban J connectivity index is 3.19. The van der Waals surface area contributed by atoms with Gasteiger partial charge in [-0.05, 0) is 12.0 Å². The number of nitrogens with zero attached hydrogens (tertiary/aromatic N) is 1. The SMILES string of the molecule is CC(C)c1cc(C(=O)O)cc(F)n1. The molecule has 1 rings (SSSR count). The zero-order valence-corrected chi connectivity index (χ0v) is 7.41. The van der Waals surface area contributed by atoms with E-state index in [2.05, 4.69) is 4.98 Å². The molecule has 0 radical (unpaired) electrons. The Morgan fingerprint density at radius 1 is 1.54 bits per heavy atom. The first-order valence-corrected chi connectivity index (χ1v) is 3.91. The molecule has 0 saturated carbocycles. The van der Waals surface area contributed by atoms with Gasteiger partial charge in [-0.15, -0.1) is 0 Å². The summed E-state index contributed by atoms with van der Waals surface area (Å²) in [4.78, 5) is 14.1. The van der Waals surface area contributed by atoms with Gasteiger partial charge in [0.2, 0.25) is 5.95 Å². The standard InChI is InChI=1S/C9H10FNO2/c1-5(2)7-3-6(9(12)13)4-8(10)11-7/h3-5H,1-2H3,(H,12,13). The zero-order chi connectivity index (χ0) is 10.0. The minimum absolute atomic E-state index is 0.0220. The van der Waals surface area contributed by atoms with Crippen molar-refractivity contribution in [3.05, 3.63) is 29.3 Å². The van der Waals surface area contributed by atoms with Crippen LogP contribution in [0.4, 0.5) is 4.39 Å². The monoisotopic (exact) mass is 183 g/mol. The van der Waals surface area contributed by atoms with Gasteiger partial charge in [0, 0.05) is 11.8 Å². The Morgan fingerprint density at radius 2 is 2.15 bits per heavy atom. The average Bonchev–Trinajstić information content (AvgIpc) is 2.03. The summed E-state index contributed by atoms with van der Waals surface area (Å²) in [6.07, 6.45) is 0. The van der Waals surface area contributed by atoms with E-state index >= 15 is 0 Å².